The highest BCUT2D eigenvalue weighted by Gasteiger charge is 2.46. The predicted molar refractivity (Wildman–Crippen MR) is 154 cm³/mol. The van der Waals surface area contributed by atoms with Gasteiger partial charge in [-0.3, -0.25) is 19.2 Å². The molecule has 2 aliphatic rings. The minimum absolute atomic E-state index is 0.00114. The lowest BCUT2D eigenvalue weighted by molar-refractivity contribution is -0.138. The first-order chi connectivity index (χ1) is 20.1. The van der Waals surface area contributed by atoms with Crippen molar-refractivity contribution in [3.63, 3.8) is 0 Å². The van der Waals surface area contributed by atoms with Gasteiger partial charge in [-0.05, 0) is 80.4 Å². The first-order valence-electron chi connectivity index (χ1n) is 13.3. The Morgan fingerprint density at radius 3 is 2.60 bits per heavy atom. The van der Waals surface area contributed by atoms with Crippen LogP contribution in [0.2, 0.25) is 5.02 Å². The number of nitrogens with zero attached hydrogens (tertiary/aromatic N) is 4. The number of aromatic nitrogens is 2. The Labute approximate surface area is 253 Å². The Balaban J connectivity index is 1.35. The van der Waals surface area contributed by atoms with Crippen LogP contribution in [0.4, 0.5) is 27.2 Å². The van der Waals surface area contributed by atoms with E-state index in [0.717, 1.165) is 11.0 Å². The van der Waals surface area contributed by atoms with E-state index in [4.69, 9.17) is 16.3 Å². The van der Waals surface area contributed by atoms with Crippen LogP contribution in [0.1, 0.15) is 43.9 Å². The molecule has 2 aromatic carbocycles. The number of piperidine rings is 1. The number of fused-ring (bicyclic) bond motifs is 1. The fourth-order valence-corrected chi connectivity index (χ4v) is 6.05. The molecule has 0 N–H and O–H groups in total. The molecule has 228 valence electrons. The maximum Gasteiger partial charge on any atom is 0.416 e. The summed E-state index contributed by atoms with van der Waals surface area (Å²) in [6, 6.07) is 7.39. The zero-order chi connectivity index (χ0) is 31.3. The second-order valence-corrected chi connectivity index (χ2v) is 12.7. The largest absolute Gasteiger partial charge is 0.444 e. The summed E-state index contributed by atoms with van der Waals surface area (Å²) in [6.45, 7) is 4.88. The molecular formula is C29H27ClF4N4O4S. The lowest BCUT2D eigenvalue weighted by Gasteiger charge is -2.38. The van der Waals surface area contributed by atoms with E-state index in [1.807, 2.05) is 0 Å². The van der Waals surface area contributed by atoms with E-state index in [1.54, 1.807) is 39.0 Å². The SMILES string of the molecule is CC(C)(C)OC(=O)N1CC[C@H](F)[C@H](N2C(=O)S/C(=C\c3ccc4c(cnn4Cc4ccc(Cl)cc4C(F)(F)F)c3)C2=O)C1. The number of rotatable bonds is 4. The van der Waals surface area contributed by atoms with Gasteiger partial charge >= 0.3 is 12.3 Å². The van der Waals surface area contributed by atoms with E-state index in [-0.39, 0.29) is 41.5 Å². The normalized spacial score (nSPS) is 20.9. The summed E-state index contributed by atoms with van der Waals surface area (Å²) in [7, 11) is 0. The van der Waals surface area contributed by atoms with E-state index >= 15 is 0 Å². The Bertz CT molecular complexity index is 1630. The fraction of sp³-hybridized carbons (Fsp3) is 0.379. The second kappa shape index (κ2) is 11.5. The van der Waals surface area contributed by atoms with Crippen molar-refractivity contribution in [3.05, 3.63) is 69.2 Å². The van der Waals surface area contributed by atoms with Gasteiger partial charge < -0.3 is 9.64 Å². The summed E-state index contributed by atoms with van der Waals surface area (Å²) >= 11 is 6.46. The lowest BCUT2D eigenvalue weighted by atomic mass is 10.0. The molecular weight excluding hydrogens is 612 g/mol. The summed E-state index contributed by atoms with van der Waals surface area (Å²) in [6.07, 6.45) is -3.81. The van der Waals surface area contributed by atoms with E-state index in [9.17, 15) is 31.9 Å². The predicted octanol–water partition coefficient (Wildman–Crippen LogP) is 7.14. The molecule has 3 aromatic rings. The van der Waals surface area contributed by atoms with Crippen molar-refractivity contribution in [2.24, 2.45) is 0 Å². The lowest BCUT2D eigenvalue weighted by Crippen LogP contribution is -2.57. The number of likely N-dealkylation sites (tertiary alicyclic amines) is 1. The summed E-state index contributed by atoms with van der Waals surface area (Å²) < 4.78 is 62.5. The molecule has 0 bridgehead atoms. The van der Waals surface area contributed by atoms with E-state index in [1.165, 1.54) is 34.0 Å². The number of imide groups is 1. The number of benzene rings is 2. The number of hydrogen-bond acceptors (Lipinski definition) is 6. The molecule has 3 amide bonds. The molecule has 0 radical (unpaired) electrons. The standard InChI is InChI=1S/C29H27ClF4N4O4S/c1-28(2,3)42-26(40)36-9-8-21(31)23(15-36)38-25(39)24(43-27(38)41)11-16-4-7-22-18(10-16)13-35-37(22)14-17-5-6-19(30)12-20(17)29(32,33)34/h4-7,10-13,21,23H,8-9,14-15H2,1-3H3/b24-11-/t21-,23+/m0/s1. The Morgan fingerprint density at radius 1 is 1.16 bits per heavy atom. The fourth-order valence-electron chi connectivity index (χ4n) is 4.99. The summed E-state index contributed by atoms with van der Waals surface area (Å²) in [5.41, 5.74) is -0.518. The van der Waals surface area contributed by atoms with Gasteiger partial charge in [0.05, 0.1) is 34.8 Å². The summed E-state index contributed by atoms with van der Waals surface area (Å²) in [5, 5.41) is 4.16. The van der Waals surface area contributed by atoms with Gasteiger partial charge in [0.2, 0.25) is 0 Å². The minimum Gasteiger partial charge on any atom is -0.444 e. The van der Waals surface area contributed by atoms with Gasteiger partial charge in [0, 0.05) is 23.5 Å². The number of thioether (sulfide) groups is 1. The number of carbonyl (C=O) groups is 3. The Hall–Kier alpha value is -3.58. The molecule has 0 aliphatic carbocycles. The molecule has 2 aliphatic heterocycles. The van der Waals surface area contributed by atoms with Crippen LogP contribution in [0, 0.1) is 0 Å². The van der Waals surface area contributed by atoms with Crippen molar-refractivity contribution in [2.75, 3.05) is 13.1 Å². The first-order valence-corrected chi connectivity index (χ1v) is 14.5. The molecule has 14 heteroatoms. The van der Waals surface area contributed by atoms with E-state index in [0.29, 0.717) is 28.2 Å². The number of carbonyl (C=O) groups excluding carboxylic acids is 3. The number of hydrogen-bond donors (Lipinski definition) is 0. The molecule has 43 heavy (non-hydrogen) atoms. The minimum atomic E-state index is -4.59. The molecule has 5 rings (SSSR count). The molecule has 0 saturated carbocycles. The highest BCUT2D eigenvalue weighted by Crippen LogP contribution is 2.37. The quantitative estimate of drug-likeness (QED) is 0.223. The highest BCUT2D eigenvalue weighted by molar-refractivity contribution is 8.18. The number of amides is 3. The Kier molecular flexibility index (Phi) is 8.25. The third kappa shape index (κ3) is 6.67. The maximum atomic E-state index is 15.0. The van der Waals surface area contributed by atoms with Gasteiger partial charge in [0.25, 0.3) is 11.1 Å². The van der Waals surface area contributed by atoms with Crippen molar-refractivity contribution < 1.29 is 36.7 Å². The number of halogens is 5. The van der Waals surface area contributed by atoms with Crippen LogP contribution in [0.25, 0.3) is 17.0 Å². The van der Waals surface area contributed by atoms with Crippen molar-refractivity contribution >= 4 is 57.6 Å². The average Bonchev–Trinajstić information content (AvgIpc) is 3.42. The third-order valence-electron chi connectivity index (χ3n) is 6.97. The molecule has 0 unspecified atom stereocenters. The molecule has 1 aromatic heterocycles. The molecule has 2 fully saturated rings. The van der Waals surface area contributed by atoms with Crippen LogP contribution in [0.5, 0.6) is 0 Å². The molecule has 2 atom stereocenters. The molecule has 2 saturated heterocycles. The first kappa shape index (κ1) is 30.9. The van der Waals surface area contributed by atoms with Crippen molar-refractivity contribution in [1.29, 1.82) is 0 Å². The monoisotopic (exact) mass is 638 g/mol. The van der Waals surface area contributed by atoms with Crippen LogP contribution in [-0.2, 0) is 22.3 Å². The maximum absolute atomic E-state index is 15.0. The summed E-state index contributed by atoms with van der Waals surface area (Å²) in [5.74, 6) is -0.674. The second-order valence-electron chi connectivity index (χ2n) is 11.3. The van der Waals surface area contributed by atoms with Crippen molar-refractivity contribution in [3.8, 4) is 0 Å². The molecule has 3 heterocycles. The van der Waals surface area contributed by atoms with Crippen LogP contribution in [-0.4, -0.2) is 67.7 Å². The van der Waals surface area contributed by atoms with Gasteiger partial charge in [-0.2, -0.15) is 18.3 Å². The number of ether oxygens (including phenoxy) is 1. The van der Waals surface area contributed by atoms with Crippen LogP contribution in [0.15, 0.2) is 47.5 Å². The van der Waals surface area contributed by atoms with Crippen molar-refractivity contribution in [2.45, 2.75) is 57.7 Å². The average molecular weight is 639 g/mol. The Morgan fingerprint density at radius 2 is 1.91 bits per heavy atom. The van der Waals surface area contributed by atoms with E-state index in [2.05, 4.69) is 5.10 Å². The zero-order valence-electron chi connectivity index (χ0n) is 23.3. The zero-order valence-corrected chi connectivity index (χ0v) is 24.9. The van der Waals surface area contributed by atoms with Gasteiger partial charge in [-0.1, -0.05) is 23.7 Å². The van der Waals surface area contributed by atoms with Crippen LogP contribution >= 0.6 is 23.4 Å². The highest BCUT2D eigenvalue weighted by atomic mass is 35.5. The van der Waals surface area contributed by atoms with Gasteiger partial charge in [0.15, 0.2) is 0 Å². The third-order valence-corrected chi connectivity index (χ3v) is 8.09. The molecule has 8 nitrogen and oxygen atoms in total. The summed E-state index contributed by atoms with van der Waals surface area (Å²) in [4.78, 5) is 40.9. The smallest absolute Gasteiger partial charge is 0.416 e. The van der Waals surface area contributed by atoms with Gasteiger partial charge in [-0.15, -0.1) is 0 Å². The van der Waals surface area contributed by atoms with E-state index < -0.39 is 46.8 Å². The van der Waals surface area contributed by atoms with Crippen LogP contribution in [0.3, 0.4) is 0 Å². The topological polar surface area (TPSA) is 84.7 Å². The van der Waals surface area contributed by atoms with Gasteiger partial charge in [-0.25, -0.2) is 9.18 Å². The molecule has 0 spiro atoms. The van der Waals surface area contributed by atoms with Crippen molar-refractivity contribution in [1.82, 2.24) is 19.6 Å². The van der Waals surface area contributed by atoms with Crippen LogP contribution < -0.4 is 0 Å². The van der Waals surface area contributed by atoms with Gasteiger partial charge in [0.1, 0.15) is 11.8 Å². The number of alkyl halides is 4.